The van der Waals surface area contributed by atoms with Gasteiger partial charge in [0.05, 0.1) is 13.0 Å². The van der Waals surface area contributed by atoms with Crippen molar-refractivity contribution in [2.24, 2.45) is 10.9 Å². The number of nitrogens with one attached hydrogen (secondary N) is 1. The molecular formula is C12H23F3IN3. The van der Waals surface area contributed by atoms with Gasteiger partial charge in [-0.05, 0) is 25.7 Å². The van der Waals surface area contributed by atoms with Crippen LogP contribution >= 0.6 is 24.0 Å². The molecule has 0 amide bonds. The fourth-order valence-corrected chi connectivity index (χ4v) is 1.93. The standard InChI is InChI=1S/C12H22F3N3.HI/c1-3-16-11(17-7-6-12(13,14)15)18-8-4-10(2)5-9-18;/h10H,3-9H2,1-2H3,(H,16,17);1H. The molecule has 1 saturated heterocycles. The predicted octanol–water partition coefficient (Wildman–Crippen LogP) is 3.25. The van der Waals surface area contributed by atoms with Crippen molar-refractivity contribution in [1.82, 2.24) is 10.2 Å². The Morgan fingerprint density at radius 1 is 1.32 bits per heavy atom. The van der Waals surface area contributed by atoms with Gasteiger partial charge in [-0.2, -0.15) is 13.2 Å². The van der Waals surface area contributed by atoms with Gasteiger partial charge in [-0.1, -0.05) is 6.92 Å². The molecule has 114 valence electrons. The van der Waals surface area contributed by atoms with E-state index < -0.39 is 12.6 Å². The summed E-state index contributed by atoms with van der Waals surface area (Å²) in [6.07, 6.45) is -2.84. The summed E-state index contributed by atoms with van der Waals surface area (Å²) in [5.41, 5.74) is 0. The molecule has 1 rings (SSSR count). The van der Waals surface area contributed by atoms with Crippen LogP contribution in [-0.2, 0) is 0 Å². The number of hydrogen-bond acceptors (Lipinski definition) is 1. The number of nitrogens with zero attached hydrogens (tertiary/aromatic N) is 2. The van der Waals surface area contributed by atoms with E-state index in [0.29, 0.717) is 18.4 Å². The summed E-state index contributed by atoms with van der Waals surface area (Å²) in [4.78, 5) is 6.11. The normalized spacial score (nSPS) is 18.2. The van der Waals surface area contributed by atoms with E-state index in [-0.39, 0.29) is 30.5 Å². The molecular weight excluding hydrogens is 370 g/mol. The molecule has 19 heavy (non-hydrogen) atoms. The third-order valence-electron chi connectivity index (χ3n) is 3.07. The largest absolute Gasteiger partial charge is 0.390 e. The molecule has 1 N–H and O–H groups in total. The van der Waals surface area contributed by atoms with Crippen LogP contribution in [-0.4, -0.2) is 43.2 Å². The van der Waals surface area contributed by atoms with E-state index >= 15 is 0 Å². The van der Waals surface area contributed by atoms with Crippen molar-refractivity contribution >= 4 is 29.9 Å². The number of rotatable bonds is 3. The van der Waals surface area contributed by atoms with Gasteiger partial charge in [0.25, 0.3) is 0 Å². The molecule has 1 fully saturated rings. The lowest BCUT2D eigenvalue weighted by atomic mass is 10.00. The maximum Gasteiger partial charge on any atom is 0.390 e. The van der Waals surface area contributed by atoms with Crippen LogP contribution in [0, 0.1) is 5.92 Å². The fraction of sp³-hybridized carbons (Fsp3) is 0.917. The number of alkyl halides is 3. The van der Waals surface area contributed by atoms with E-state index in [2.05, 4.69) is 22.1 Å². The first kappa shape index (κ1) is 18.8. The first-order valence-electron chi connectivity index (χ1n) is 6.52. The maximum atomic E-state index is 12.1. The molecule has 0 unspecified atom stereocenters. The minimum absolute atomic E-state index is 0. The quantitative estimate of drug-likeness (QED) is 0.453. The molecule has 0 saturated carbocycles. The molecule has 1 aliphatic heterocycles. The van der Waals surface area contributed by atoms with Gasteiger partial charge in [0.1, 0.15) is 0 Å². The van der Waals surface area contributed by atoms with Crippen LogP contribution in [0.15, 0.2) is 4.99 Å². The highest BCUT2D eigenvalue weighted by Crippen LogP contribution is 2.19. The first-order chi connectivity index (χ1) is 8.42. The maximum absolute atomic E-state index is 12.1. The number of piperidine rings is 1. The monoisotopic (exact) mass is 393 g/mol. The van der Waals surface area contributed by atoms with Gasteiger partial charge in [-0.25, -0.2) is 0 Å². The second-order valence-corrected chi connectivity index (χ2v) is 4.77. The first-order valence-corrected chi connectivity index (χ1v) is 6.52. The second kappa shape index (κ2) is 8.86. The molecule has 7 heteroatoms. The van der Waals surface area contributed by atoms with Crippen molar-refractivity contribution in [3.8, 4) is 0 Å². The molecule has 3 nitrogen and oxygen atoms in total. The lowest BCUT2D eigenvalue weighted by Crippen LogP contribution is -2.45. The summed E-state index contributed by atoms with van der Waals surface area (Å²) >= 11 is 0. The Bertz CT molecular complexity index is 274. The summed E-state index contributed by atoms with van der Waals surface area (Å²) in [5, 5.41) is 3.06. The van der Waals surface area contributed by atoms with Crippen molar-refractivity contribution < 1.29 is 13.2 Å². The van der Waals surface area contributed by atoms with Gasteiger partial charge < -0.3 is 10.2 Å². The SMILES string of the molecule is CCNC(=NCCC(F)(F)F)N1CCC(C)CC1.I. The molecule has 0 bridgehead atoms. The van der Waals surface area contributed by atoms with Crippen molar-refractivity contribution in [2.45, 2.75) is 39.3 Å². The van der Waals surface area contributed by atoms with Gasteiger partial charge in [-0.3, -0.25) is 4.99 Å². The zero-order chi connectivity index (χ0) is 13.6. The van der Waals surface area contributed by atoms with Crippen LogP contribution in [0.3, 0.4) is 0 Å². The van der Waals surface area contributed by atoms with Gasteiger partial charge >= 0.3 is 6.18 Å². The Kier molecular flexibility index (Phi) is 8.76. The van der Waals surface area contributed by atoms with E-state index in [1.807, 2.05) is 6.92 Å². The molecule has 0 aromatic heterocycles. The molecule has 0 aromatic rings. The summed E-state index contributed by atoms with van der Waals surface area (Å²) in [7, 11) is 0. The number of hydrogen-bond donors (Lipinski definition) is 1. The highest BCUT2D eigenvalue weighted by molar-refractivity contribution is 14.0. The van der Waals surface area contributed by atoms with Crippen molar-refractivity contribution in [1.29, 1.82) is 0 Å². The molecule has 1 heterocycles. The third kappa shape index (κ3) is 7.84. The average molecular weight is 393 g/mol. The van der Waals surface area contributed by atoms with E-state index in [1.165, 1.54) is 0 Å². The number of aliphatic imine (C=N–C) groups is 1. The molecule has 0 aromatic carbocycles. The Balaban J connectivity index is 0.00000324. The molecule has 0 aliphatic carbocycles. The summed E-state index contributed by atoms with van der Waals surface area (Å²) in [5.74, 6) is 1.31. The van der Waals surface area contributed by atoms with Crippen LogP contribution in [0.1, 0.15) is 33.1 Å². The topological polar surface area (TPSA) is 27.6 Å². The minimum Gasteiger partial charge on any atom is -0.357 e. The van der Waals surface area contributed by atoms with Gasteiger partial charge in [0.2, 0.25) is 0 Å². The fourth-order valence-electron chi connectivity index (χ4n) is 1.93. The van der Waals surface area contributed by atoms with Crippen LogP contribution in [0.5, 0.6) is 0 Å². The Labute approximate surface area is 130 Å². The minimum atomic E-state index is -4.13. The highest BCUT2D eigenvalue weighted by atomic mass is 127. The molecule has 0 spiro atoms. The predicted molar refractivity (Wildman–Crippen MR) is 82.0 cm³/mol. The third-order valence-corrected chi connectivity index (χ3v) is 3.07. The number of likely N-dealkylation sites (tertiary alicyclic amines) is 1. The van der Waals surface area contributed by atoms with Crippen molar-refractivity contribution in [2.75, 3.05) is 26.2 Å². The van der Waals surface area contributed by atoms with Crippen molar-refractivity contribution in [3.05, 3.63) is 0 Å². The zero-order valence-corrected chi connectivity index (χ0v) is 13.8. The average Bonchev–Trinajstić information content (AvgIpc) is 2.27. The van der Waals surface area contributed by atoms with Crippen LogP contribution < -0.4 is 5.32 Å². The Morgan fingerprint density at radius 2 is 1.89 bits per heavy atom. The van der Waals surface area contributed by atoms with E-state index in [0.717, 1.165) is 25.9 Å². The molecule has 1 aliphatic rings. The van der Waals surface area contributed by atoms with E-state index in [1.54, 1.807) is 0 Å². The molecule has 0 atom stereocenters. The highest BCUT2D eigenvalue weighted by Gasteiger charge is 2.26. The van der Waals surface area contributed by atoms with Crippen molar-refractivity contribution in [3.63, 3.8) is 0 Å². The Morgan fingerprint density at radius 3 is 2.37 bits per heavy atom. The van der Waals surface area contributed by atoms with Gasteiger partial charge in [0, 0.05) is 19.6 Å². The number of halogens is 4. The van der Waals surface area contributed by atoms with E-state index in [9.17, 15) is 13.2 Å². The summed E-state index contributed by atoms with van der Waals surface area (Å²) in [6, 6.07) is 0. The number of guanidine groups is 1. The lowest BCUT2D eigenvalue weighted by molar-refractivity contribution is -0.132. The Hall–Kier alpha value is -0.210. The van der Waals surface area contributed by atoms with Gasteiger partial charge in [0.15, 0.2) is 5.96 Å². The molecule has 0 radical (unpaired) electrons. The van der Waals surface area contributed by atoms with Gasteiger partial charge in [-0.15, -0.1) is 24.0 Å². The smallest absolute Gasteiger partial charge is 0.357 e. The lowest BCUT2D eigenvalue weighted by Gasteiger charge is -2.33. The van der Waals surface area contributed by atoms with Crippen LogP contribution in [0.25, 0.3) is 0 Å². The van der Waals surface area contributed by atoms with Crippen LogP contribution in [0.2, 0.25) is 0 Å². The van der Waals surface area contributed by atoms with Crippen LogP contribution in [0.4, 0.5) is 13.2 Å². The zero-order valence-electron chi connectivity index (χ0n) is 11.5. The summed E-state index contributed by atoms with van der Waals surface area (Å²) in [6.45, 7) is 6.35. The summed E-state index contributed by atoms with van der Waals surface area (Å²) < 4.78 is 36.2. The second-order valence-electron chi connectivity index (χ2n) is 4.77. The van der Waals surface area contributed by atoms with E-state index in [4.69, 9.17) is 0 Å².